The quantitative estimate of drug-likeness (QED) is 0.629. The molecule has 0 aliphatic carbocycles. The first kappa shape index (κ1) is 12.3. The molecule has 0 bridgehead atoms. The maximum Gasteiger partial charge on any atom is 0.00387 e. The van der Waals surface area contributed by atoms with Crippen LogP contribution in [0.4, 0.5) is 0 Å². The summed E-state index contributed by atoms with van der Waals surface area (Å²) in [7, 11) is 0. The van der Waals surface area contributed by atoms with Gasteiger partial charge in [-0.1, -0.05) is 13.8 Å². The minimum Gasteiger partial charge on any atom is -0.301 e. The van der Waals surface area contributed by atoms with Crippen molar-refractivity contribution in [1.29, 1.82) is 0 Å². The van der Waals surface area contributed by atoms with E-state index in [1.165, 1.54) is 19.5 Å². The summed E-state index contributed by atoms with van der Waals surface area (Å²) in [5.41, 5.74) is 0. The predicted molar refractivity (Wildman–Crippen MR) is 60.0 cm³/mol. The Balaban J connectivity index is 3.77. The number of hydrogen-bond donors (Lipinski definition) is 1. The summed E-state index contributed by atoms with van der Waals surface area (Å²) in [4.78, 5) is 2.53. The Morgan fingerprint density at radius 1 is 1.25 bits per heavy atom. The Kier molecular flexibility index (Phi) is 6.96. The van der Waals surface area contributed by atoms with E-state index in [4.69, 9.17) is 0 Å². The second kappa shape index (κ2) is 6.79. The van der Waals surface area contributed by atoms with Crippen LogP contribution < -0.4 is 0 Å². The molecule has 0 aliphatic rings. The molecule has 0 aromatic rings. The van der Waals surface area contributed by atoms with Crippen LogP contribution in [0, 0.1) is 5.92 Å². The van der Waals surface area contributed by atoms with Gasteiger partial charge in [0.2, 0.25) is 0 Å². The lowest BCUT2D eigenvalue weighted by molar-refractivity contribution is 0.199. The van der Waals surface area contributed by atoms with E-state index in [1.807, 2.05) is 0 Å². The summed E-state index contributed by atoms with van der Waals surface area (Å²) in [6.07, 6.45) is 1.25. The molecule has 74 valence electrons. The summed E-state index contributed by atoms with van der Waals surface area (Å²) in [6.45, 7) is 11.4. The van der Waals surface area contributed by atoms with Crippen molar-refractivity contribution in [2.24, 2.45) is 5.92 Å². The fourth-order valence-corrected chi connectivity index (χ4v) is 1.42. The van der Waals surface area contributed by atoms with Crippen molar-refractivity contribution in [3.05, 3.63) is 0 Å². The first-order valence-corrected chi connectivity index (χ1v) is 5.59. The molecule has 2 heteroatoms. The summed E-state index contributed by atoms with van der Waals surface area (Å²) >= 11 is 4.30. The Labute approximate surface area is 82.9 Å². The molecule has 1 atom stereocenters. The topological polar surface area (TPSA) is 3.24 Å². The zero-order valence-corrected chi connectivity index (χ0v) is 9.77. The molecule has 0 saturated heterocycles. The molecular formula is C10H23NS. The molecule has 0 radical (unpaired) electrons. The van der Waals surface area contributed by atoms with Crippen LogP contribution in [0.2, 0.25) is 0 Å². The Morgan fingerprint density at radius 3 is 2.17 bits per heavy atom. The molecule has 0 amide bonds. The average molecular weight is 189 g/mol. The highest BCUT2D eigenvalue weighted by molar-refractivity contribution is 7.80. The average Bonchev–Trinajstić information content (AvgIpc) is 2.03. The fourth-order valence-electron chi connectivity index (χ4n) is 1.31. The van der Waals surface area contributed by atoms with E-state index in [1.54, 1.807) is 0 Å². The van der Waals surface area contributed by atoms with Crippen LogP contribution in [0.1, 0.15) is 34.1 Å². The van der Waals surface area contributed by atoms with Gasteiger partial charge in [-0.3, -0.25) is 0 Å². The summed E-state index contributed by atoms with van der Waals surface area (Å²) in [6, 6.07) is 0.673. The van der Waals surface area contributed by atoms with Crippen molar-refractivity contribution in [3.63, 3.8) is 0 Å². The highest BCUT2D eigenvalue weighted by Crippen LogP contribution is 2.06. The first-order valence-electron chi connectivity index (χ1n) is 4.96. The van der Waals surface area contributed by atoms with E-state index in [0.717, 1.165) is 5.75 Å². The van der Waals surface area contributed by atoms with Crippen molar-refractivity contribution < 1.29 is 0 Å². The maximum atomic E-state index is 4.30. The molecule has 1 unspecified atom stereocenters. The molecule has 0 spiro atoms. The predicted octanol–water partition coefficient (Wildman–Crippen LogP) is 2.67. The molecule has 0 fully saturated rings. The van der Waals surface area contributed by atoms with Gasteiger partial charge in [0, 0.05) is 12.6 Å². The lowest BCUT2D eigenvalue weighted by Crippen LogP contribution is -2.35. The molecule has 0 N–H and O–H groups in total. The Hall–Kier alpha value is 0.310. The maximum absolute atomic E-state index is 4.30. The SMILES string of the molecule is CCCN(CC(C)CS)C(C)C. The van der Waals surface area contributed by atoms with Crippen molar-refractivity contribution in [3.8, 4) is 0 Å². The molecule has 12 heavy (non-hydrogen) atoms. The van der Waals surface area contributed by atoms with Crippen molar-refractivity contribution in [2.75, 3.05) is 18.8 Å². The zero-order valence-electron chi connectivity index (χ0n) is 8.88. The molecule has 0 aromatic heterocycles. The largest absolute Gasteiger partial charge is 0.301 e. The van der Waals surface area contributed by atoms with Gasteiger partial charge in [0.15, 0.2) is 0 Å². The lowest BCUT2D eigenvalue weighted by Gasteiger charge is -2.28. The monoisotopic (exact) mass is 189 g/mol. The number of thiol groups is 1. The molecule has 0 aliphatic heterocycles. The molecule has 1 nitrogen and oxygen atoms in total. The van der Waals surface area contributed by atoms with Gasteiger partial charge in [-0.15, -0.1) is 0 Å². The van der Waals surface area contributed by atoms with Crippen LogP contribution in [0.5, 0.6) is 0 Å². The van der Waals surface area contributed by atoms with Gasteiger partial charge < -0.3 is 4.90 Å². The number of rotatable bonds is 6. The van der Waals surface area contributed by atoms with Gasteiger partial charge in [0.1, 0.15) is 0 Å². The molecule has 0 aromatic carbocycles. The molecular weight excluding hydrogens is 166 g/mol. The lowest BCUT2D eigenvalue weighted by atomic mass is 10.1. The van der Waals surface area contributed by atoms with E-state index in [-0.39, 0.29) is 0 Å². The van der Waals surface area contributed by atoms with E-state index in [9.17, 15) is 0 Å². The van der Waals surface area contributed by atoms with Gasteiger partial charge in [0.05, 0.1) is 0 Å². The summed E-state index contributed by atoms with van der Waals surface area (Å²) in [5, 5.41) is 0. The van der Waals surface area contributed by atoms with Gasteiger partial charge in [-0.25, -0.2) is 0 Å². The summed E-state index contributed by atoms with van der Waals surface area (Å²) in [5.74, 6) is 1.70. The normalized spacial score (nSPS) is 14.2. The zero-order chi connectivity index (χ0) is 9.56. The third-order valence-electron chi connectivity index (χ3n) is 2.10. The standard InChI is InChI=1S/C10H23NS/c1-5-6-11(9(2)3)7-10(4)8-12/h9-10,12H,5-8H2,1-4H3. The molecule has 0 heterocycles. The smallest absolute Gasteiger partial charge is 0.00387 e. The molecule has 0 rings (SSSR count). The second-order valence-electron chi connectivity index (χ2n) is 3.88. The fraction of sp³-hybridized carbons (Fsp3) is 1.00. The Morgan fingerprint density at radius 2 is 1.83 bits per heavy atom. The summed E-state index contributed by atoms with van der Waals surface area (Å²) < 4.78 is 0. The highest BCUT2D eigenvalue weighted by Gasteiger charge is 2.10. The van der Waals surface area contributed by atoms with Crippen molar-refractivity contribution in [1.82, 2.24) is 4.90 Å². The van der Waals surface area contributed by atoms with E-state index < -0.39 is 0 Å². The third-order valence-corrected chi connectivity index (χ3v) is 2.72. The highest BCUT2D eigenvalue weighted by atomic mass is 32.1. The minimum absolute atomic E-state index is 0.673. The van der Waals surface area contributed by atoms with Crippen LogP contribution in [-0.2, 0) is 0 Å². The van der Waals surface area contributed by atoms with Gasteiger partial charge >= 0.3 is 0 Å². The van der Waals surface area contributed by atoms with Crippen LogP contribution in [0.15, 0.2) is 0 Å². The number of nitrogens with zero attached hydrogens (tertiary/aromatic N) is 1. The van der Waals surface area contributed by atoms with E-state index in [0.29, 0.717) is 12.0 Å². The van der Waals surface area contributed by atoms with Crippen LogP contribution in [0.25, 0.3) is 0 Å². The van der Waals surface area contributed by atoms with E-state index in [2.05, 4.69) is 45.2 Å². The van der Waals surface area contributed by atoms with Crippen molar-refractivity contribution in [2.45, 2.75) is 40.2 Å². The van der Waals surface area contributed by atoms with Gasteiger partial charge in [0.25, 0.3) is 0 Å². The minimum atomic E-state index is 0.673. The first-order chi connectivity index (χ1) is 5.61. The van der Waals surface area contributed by atoms with Crippen molar-refractivity contribution >= 4 is 12.6 Å². The molecule has 0 saturated carbocycles. The second-order valence-corrected chi connectivity index (χ2v) is 4.24. The van der Waals surface area contributed by atoms with Gasteiger partial charge in [-0.05, 0) is 38.5 Å². The van der Waals surface area contributed by atoms with Crippen LogP contribution in [-0.4, -0.2) is 29.8 Å². The van der Waals surface area contributed by atoms with E-state index >= 15 is 0 Å². The van der Waals surface area contributed by atoms with Crippen LogP contribution in [0.3, 0.4) is 0 Å². The van der Waals surface area contributed by atoms with Crippen LogP contribution >= 0.6 is 12.6 Å². The van der Waals surface area contributed by atoms with Gasteiger partial charge in [-0.2, -0.15) is 12.6 Å². The number of hydrogen-bond acceptors (Lipinski definition) is 2. The Bertz CT molecular complexity index is 104. The third kappa shape index (κ3) is 5.04.